The zero-order chi connectivity index (χ0) is 20.6. The van der Waals surface area contributed by atoms with Gasteiger partial charge in [0.25, 0.3) is 5.91 Å². The standard InChI is InChI=1S/C20H26N2O5S2/c1-26-16-9-8-14(10-17(16)27-2)22-15-11-29(24,25)12-18(15)28-20(22)21-19(23)13-6-4-3-5-7-13/h8-10,13,15,18H,3-7,11-12H2,1-2H3/t15-,18+/m0/s1. The molecular formula is C20H26N2O5S2. The van der Waals surface area contributed by atoms with Crippen molar-refractivity contribution in [3.8, 4) is 11.5 Å². The van der Waals surface area contributed by atoms with Crippen LogP contribution in [0.4, 0.5) is 5.69 Å². The van der Waals surface area contributed by atoms with Crippen LogP contribution in [0.2, 0.25) is 0 Å². The van der Waals surface area contributed by atoms with Gasteiger partial charge in [0.1, 0.15) is 0 Å². The first-order valence-electron chi connectivity index (χ1n) is 9.93. The molecule has 1 aromatic carbocycles. The lowest BCUT2D eigenvalue weighted by Gasteiger charge is -2.26. The fourth-order valence-corrected chi connectivity index (χ4v) is 8.30. The first-order valence-corrected chi connectivity index (χ1v) is 12.6. The van der Waals surface area contributed by atoms with E-state index in [1.54, 1.807) is 20.3 Å². The highest BCUT2D eigenvalue weighted by molar-refractivity contribution is 8.16. The Bertz CT molecular complexity index is 925. The molecule has 3 aliphatic rings. The Labute approximate surface area is 175 Å². The van der Waals surface area contributed by atoms with Crippen molar-refractivity contribution in [3.05, 3.63) is 18.2 Å². The van der Waals surface area contributed by atoms with Crippen molar-refractivity contribution < 1.29 is 22.7 Å². The van der Waals surface area contributed by atoms with E-state index in [-0.39, 0.29) is 34.6 Å². The van der Waals surface area contributed by atoms with E-state index < -0.39 is 9.84 Å². The van der Waals surface area contributed by atoms with Crippen LogP contribution in [0.3, 0.4) is 0 Å². The van der Waals surface area contributed by atoms with Gasteiger partial charge in [-0.15, -0.1) is 0 Å². The summed E-state index contributed by atoms with van der Waals surface area (Å²) in [6.45, 7) is 0. The smallest absolute Gasteiger partial charge is 0.251 e. The van der Waals surface area contributed by atoms with Gasteiger partial charge in [-0.1, -0.05) is 31.0 Å². The van der Waals surface area contributed by atoms with E-state index in [9.17, 15) is 13.2 Å². The summed E-state index contributed by atoms with van der Waals surface area (Å²) in [7, 11) is 0.0226. The number of amides is 1. The third kappa shape index (κ3) is 4.12. The molecule has 2 atom stereocenters. The number of sulfone groups is 1. The molecule has 1 aliphatic carbocycles. The van der Waals surface area contributed by atoms with Gasteiger partial charge in [-0.2, -0.15) is 4.99 Å². The number of nitrogens with zero attached hydrogens (tertiary/aromatic N) is 2. The molecule has 1 aromatic rings. The fraction of sp³-hybridized carbons (Fsp3) is 0.600. The quantitative estimate of drug-likeness (QED) is 0.714. The maximum Gasteiger partial charge on any atom is 0.251 e. The summed E-state index contributed by atoms with van der Waals surface area (Å²) >= 11 is 1.41. The van der Waals surface area contributed by atoms with E-state index >= 15 is 0 Å². The first-order chi connectivity index (χ1) is 13.9. The Hall–Kier alpha value is -1.74. The molecule has 2 saturated heterocycles. The molecular weight excluding hydrogens is 412 g/mol. The number of amidine groups is 1. The number of hydrogen-bond acceptors (Lipinski definition) is 6. The average molecular weight is 439 g/mol. The number of hydrogen-bond donors (Lipinski definition) is 0. The molecule has 7 nitrogen and oxygen atoms in total. The summed E-state index contributed by atoms with van der Waals surface area (Å²) < 4.78 is 35.2. The Morgan fingerprint density at radius 3 is 2.52 bits per heavy atom. The SMILES string of the molecule is COc1ccc(N2C(=NC(=O)C3CCCCC3)S[C@@H]3CS(=O)(=O)C[C@@H]32)cc1OC. The number of carbonyl (C=O) groups is 1. The maximum atomic E-state index is 12.8. The largest absolute Gasteiger partial charge is 0.493 e. The predicted octanol–water partition coefficient (Wildman–Crippen LogP) is 2.89. The van der Waals surface area contributed by atoms with Crippen LogP contribution in [0, 0.1) is 5.92 Å². The Morgan fingerprint density at radius 1 is 1.10 bits per heavy atom. The van der Waals surface area contributed by atoms with Gasteiger partial charge >= 0.3 is 0 Å². The second-order valence-corrected chi connectivity index (χ2v) is 11.1. The minimum atomic E-state index is -3.11. The van der Waals surface area contributed by atoms with Gasteiger partial charge in [0.2, 0.25) is 0 Å². The summed E-state index contributed by atoms with van der Waals surface area (Å²) in [6.07, 6.45) is 5.08. The minimum Gasteiger partial charge on any atom is -0.493 e. The number of thioether (sulfide) groups is 1. The van der Waals surface area contributed by atoms with Crippen molar-refractivity contribution in [1.29, 1.82) is 0 Å². The molecule has 0 bridgehead atoms. The number of carbonyl (C=O) groups excluding carboxylic acids is 1. The summed E-state index contributed by atoms with van der Waals surface area (Å²) in [6, 6.07) is 5.22. The second kappa shape index (κ2) is 8.18. The molecule has 158 valence electrons. The van der Waals surface area contributed by atoms with Gasteiger partial charge in [-0.05, 0) is 25.0 Å². The molecule has 9 heteroatoms. The third-order valence-electron chi connectivity index (χ3n) is 5.87. The third-order valence-corrected chi connectivity index (χ3v) is 9.08. The molecule has 0 aromatic heterocycles. The lowest BCUT2D eigenvalue weighted by Crippen LogP contribution is -2.38. The van der Waals surface area contributed by atoms with Crippen molar-refractivity contribution in [2.75, 3.05) is 30.6 Å². The molecule has 4 rings (SSSR count). The second-order valence-electron chi connectivity index (χ2n) is 7.78. The van der Waals surface area contributed by atoms with Crippen molar-refractivity contribution in [1.82, 2.24) is 0 Å². The number of methoxy groups -OCH3 is 2. The lowest BCUT2D eigenvalue weighted by atomic mass is 9.89. The van der Waals surface area contributed by atoms with Gasteiger partial charge in [0, 0.05) is 22.9 Å². The minimum absolute atomic E-state index is 0.0201. The maximum absolute atomic E-state index is 12.8. The predicted molar refractivity (Wildman–Crippen MR) is 115 cm³/mol. The van der Waals surface area contributed by atoms with Crippen LogP contribution >= 0.6 is 11.8 Å². The van der Waals surface area contributed by atoms with E-state index in [1.165, 1.54) is 18.2 Å². The highest BCUT2D eigenvalue weighted by Crippen LogP contribution is 2.43. The number of fused-ring (bicyclic) bond motifs is 1. The van der Waals surface area contributed by atoms with E-state index in [0.29, 0.717) is 16.7 Å². The van der Waals surface area contributed by atoms with Crippen molar-refractivity contribution in [2.45, 2.75) is 43.4 Å². The first kappa shape index (κ1) is 20.5. The molecule has 2 heterocycles. The van der Waals surface area contributed by atoms with Gasteiger partial charge in [0.05, 0.1) is 31.8 Å². The van der Waals surface area contributed by atoms with E-state index in [2.05, 4.69) is 4.99 Å². The van der Waals surface area contributed by atoms with E-state index in [0.717, 1.165) is 31.4 Å². The summed E-state index contributed by atoms with van der Waals surface area (Å²) in [5, 5.41) is 0.476. The van der Waals surface area contributed by atoms with E-state index in [1.807, 2.05) is 17.0 Å². The van der Waals surface area contributed by atoms with Crippen LogP contribution in [0.5, 0.6) is 11.5 Å². The number of rotatable bonds is 4. The molecule has 0 unspecified atom stereocenters. The topological polar surface area (TPSA) is 85.3 Å². The Kier molecular flexibility index (Phi) is 5.79. The van der Waals surface area contributed by atoms with Crippen LogP contribution in [0.1, 0.15) is 32.1 Å². The van der Waals surface area contributed by atoms with E-state index in [4.69, 9.17) is 9.47 Å². The zero-order valence-corrected chi connectivity index (χ0v) is 18.3. The number of ether oxygens (including phenoxy) is 2. The Balaban J connectivity index is 1.69. The Morgan fingerprint density at radius 2 is 1.83 bits per heavy atom. The highest BCUT2D eigenvalue weighted by atomic mass is 32.2. The number of anilines is 1. The summed E-state index contributed by atoms with van der Waals surface area (Å²) in [5.74, 6) is 1.22. The molecule has 1 saturated carbocycles. The van der Waals surface area contributed by atoms with Crippen molar-refractivity contribution in [3.63, 3.8) is 0 Å². The number of benzene rings is 1. The van der Waals surface area contributed by atoms with Crippen LogP contribution in [-0.2, 0) is 14.6 Å². The number of aliphatic imine (C=N–C) groups is 1. The van der Waals surface area contributed by atoms with Crippen molar-refractivity contribution in [2.24, 2.45) is 10.9 Å². The lowest BCUT2D eigenvalue weighted by molar-refractivity contribution is -0.122. The molecule has 0 spiro atoms. The van der Waals surface area contributed by atoms with Gasteiger partial charge in [-0.3, -0.25) is 4.79 Å². The molecule has 2 aliphatic heterocycles. The molecule has 1 amide bonds. The van der Waals surface area contributed by atoms with Gasteiger partial charge in [-0.25, -0.2) is 8.42 Å². The van der Waals surface area contributed by atoms with Crippen LogP contribution in [-0.4, -0.2) is 56.5 Å². The van der Waals surface area contributed by atoms with Gasteiger partial charge < -0.3 is 14.4 Å². The van der Waals surface area contributed by atoms with Gasteiger partial charge in [0.15, 0.2) is 26.5 Å². The molecule has 3 fully saturated rings. The van der Waals surface area contributed by atoms with Crippen LogP contribution < -0.4 is 14.4 Å². The normalized spacial score (nSPS) is 27.8. The fourth-order valence-electron chi connectivity index (χ4n) is 4.38. The molecule has 0 radical (unpaired) electrons. The molecule has 0 N–H and O–H groups in total. The highest BCUT2D eigenvalue weighted by Gasteiger charge is 2.49. The monoisotopic (exact) mass is 438 g/mol. The summed E-state index contributed by atoms with van der Waals surface area (Å²) in [5.41, 5.74) is 0.759. The molecule has 29 heavy (non-hydrogen) atoms. The zero-order valence-electron chi connectivity index (χ0n) is 16.7. The average Bonchev–Trinajstić information content (AvgIpc) is 3.18. The van der Waals surface area contributed by atoms with Crippen LogP contribution in [0.15, 0.2) is 23.2 Å². The van der Waals surface area contributed by atoms with Crippen molar-refractivity contribution >= 4 is 38.4 Å². The van der Waals surface area contributed by atoms with Crippen LogP contribution in [0.25, 0.3) is 0 Å². The summed E-state index contributed by atoms with van der Waals surface area (Å²) in [4.78, 5) is 19.2.